The maximum Gasteiger partial charge on any atom is 0.262 e. The van der Waals surface area contributed by atoms with Gasteiger partial charge in [-0.15, -0.1) is 0 Å². The van der Waals surface area contributed by atoms with Crippen LogP contribution in [0.5, 0.6) is 5.75 Å². The van der Waals surface area contributed by atoms with Crippen molar-refractivity contribution >= 4 is 11.6 Å². The highest BCUT2D eigenvalue weighted by atomic mass is 16.5. The lowest BCUT2D eigenvalue weighted by molar-refractivity contribution is -0.118. The number of hydrogen-bond donors (Lipinski definition) is 2. The highest BCUT2D eigenvalue weighted by Gasteiger charge is 2.06. The Balaban J connectivity index is 1.89. The number of para-hydroxylation sites is 1. The summed E-state index contributed by atoms with van der Waals surface area (Å²) in [5.41, 5.74) is 2.05. The fourth-order valence-corrected chi connectivity index (χ4v) is 1.91. The Bertz CT molecular complexity index is 675. The van der Waals surface area contributed by atoms with Gasteiger partial charge in [-0.1, -0.05) is 24.3 Å². The number of benzene rings is 2. The van der Waals surface area contributed by atoms with Crippen LogP contribution in [0.3, 0.4) is 0 Å². The molecule has 2 rings (SSSR count). The molecule has 0 saturated carbocycles. The van der Waals surface area contributed by atoms with Crippen molar-refractivity contribution in [2.45, 2.75) is 6.42 Å². The average molecular weight is 296 g/mol. The van der Waals surface area contributed by atoms with Gasteiger partial charge in [0.1, 0.15) is 11.8 Å². The van der Waals surface area contributed by atoms with E-state index in [1.807, 2.05) is 18.2 Å². The lowest BCUT2D eigenvalue weighted by Gasteiger charge is -2.09. The fourth-order valence-electron chi connectivity index (χ4n) is 1.91. The summed E-state index contributed by atoms with van der Waals surface area (Å²) in [7, 11) is 0. The maximum atomic E-state index is 11.8. The van der Waals surface area contributed by atoms with Crippen LogP contribution in [-0.2, 0) is 11.2 Å². The number of nitrogens with zero attached hydrogens (tertiary/aromatic N) is 1. The Kier molecular flexibility index (Phi) is 5.52. The predicted octanol–water partition coefficient (Wildman–Crippen LogP) is 2.11. The second-order valence-electron chi connectivity index (χ2n) is 4.62. The maximum absolute atomic E-state index is 11.8. The predicted molar refractivity (Wildman–Crippen MR) is 82.5 cm³/mol. The lowest BCUT2D eigenvalue weighted by atomic mass is 10.1. The molecule has 5 heteroatoms. The normalized spacial score (nSPS) is 9.82. The van der Waals surface area contributed by atoms with Crippen molar-refractivity contribution in [2.75, 3.05) is 18.5 Å². The minimum Gasteiger partial charge on any atom is -0.482 e. The number of carbonyl (C=O) groups excluding carboxylic acids is 1. The van der Waals surface area contributed by atoms with Gasteiger partial charge in [0.2, 0.25) is 0 Å². The highest BCUT2D eigenvalue weighted by Crippen LogP contribution is 2.16. The van der Waals surface area contributed by atoms with E-state index in [2.05, 4.69) is 5.32 Å². The molecule has 0 bridgehead atoms. The Morgan fingerprint density at radius 1 is 1.18 bits per heavy atom. The Hall–Kier alpha value is -2.84. The molecule has 5 nitrogen and oxygen atoms in total. The van der Waals surface area contributed by atoms with Crippen LogP contribution in [0.2, 0.25) is 0 Å². The third-order valence-electron chi connectivity index (χ3n) is 3.00. The third-order valence-corrected chi connectivity index (χ3v) is 3.00. The molecule has 0 heterocycles. The third kappa shape index (κ3) is 4.33. The van der Waals surface area contributed by atoms with Crippen molar-refractivity contribution in [3.8, 4) is 11.8 Å². The van der Waals surface area contributed by atoms with Gasteiger partial charge in [-0.25, -0.2) is 0 Å². The molecule has 2 aromatic carbocycles. The summed E-state index contributed by atoms with van der Waals surface area (Å²) in [6.45, 7) is -0.0745. The number of carbonyl (C=O) groups is 1. The number of nitriles is 1. The molecular formula is C17H16N2O3. The standard InChI is InChI=1S/C17H16N2O3/c18-11-14-3-1-2-4-16(14)22-12-17(21)19-15-7-5-13(6-8-15)9-10-20/h1-8,20H,9-10,12H2,(H,19,21). The quantitative estimate of drug-likeness (QED) is 0.855. The largest absolute Gasteiger partial charge is 0.482 e. The fraction of sp³-hybridized carbons (Fsp3) is 0.176. The second-order valence-corrected chi connectivity index (χ2v) is 4.62. The van der Waals surface area contributed by atoms with Crippen LogP contribution in [-0.4, -0.2) is 24.2 Å². The smallest absolute Gasteiger partial charge is 0.262 e. The van der Waals surface area contributed by atoms with E-state index in [1.165, 1.54) is 0 Å². The zero-order chi connectivity index (χ0) is 15.8. The zero-order valence-corrected chi connectivity index (χ0v) is 12.0. The molecule has 0 aliphatic rings. The van der Waals surface area contributed by atoms with Crippen molar-refractivity contribution in [2.24, 2.45) is 0 Å². The van der Waals surface area contributed by atoms with Crippen molar-refractivity contribution in [1.29, 1.82) is 5.26 Å². The van der Waals surface area contributed by atoms with E-state index in [0.717, 1.165) is 5.56 Å². The van der Waals surface area contributed by atoms with Gasteiger partial charge in [0.05, 0.1) is 5.56 Å². The zero-order valence-electron chi connectivity index (χ0n) is 12.0. The Labute approximate surface area is 128 Å². The van der Waals surface area contributed by atoms with Gasteiger partial charge in [-0.3, -0.25) is 4.79 Å². The molecule has 0 aliphatic heterocycles. The number of hydrogen-bond acceptors (Lipinski definition) is 4. The first-order valence-electron chi connectivity index (χ1n) is 6.84. The average Bonchev–Trinajstić information content (AvgIpc) is 2.55. The van der Waals surface area contributed by atoms with Gasteiger partial charge in [-0.2, -0.15) is 5.26 Å². The molecule has 0 aliphatic carbocycles. The van der Waals surface area contributed by atoms with Gasteiger partial charge >= 0.3 is 0 Å². The van der Waals surface area contributed by atoms with E-state index < -0.39 is 0 Å². The van der Waals surface area contributed by atoms with Crippen molar-refractivity contribution in [1.82, 2.24) is 0 Å². The summed E-state index contributed by atoms with van der Waals surface area (Å²) in [4.78, 5) is 11.8. The first-order valence-corrected chi connectivity index (χ1v) is 6.84. The molecule has 2 N–H and O–H groups in total. The summed E-state index contributed by atoms with van der Waals surface area (Å²) in [6, 6.07) is 16.0. The van der Waals surface area contributed by atoms with Crippen LogP contribution in [0.4, 0.5) is 5.69 Å². The van der Waals surface area contributed by atoms with E-state index in [0.29, 0.717) is 23.4 Å². The summed E-state index contributed by atoms with van der Waals surface area (Å²) in [5, 5.41) is 20.5. The van der Waals surface area contributed by atoms with E-state index in [4.69, 9.17) is 15.1 Å². The van der Waals surface area contributed by atoms with Crippen molar-refractivity contribution in [3.63, 3.8) is 0 Å². The van der Waals surface area contributed by atoms with Gasteiger partial charge < -0.3 is 15.2 Å². The van der Waals surface area contributed by atoms with Crippen LogP contribution in [0.25, 0.3) is 0 Å². The molecule has 0 unspecified atom stereocenters. The van der Waals surface area contributed by atoms with Crippen LogP contribution in [0.15, 0.2) is 48.5 Å². The molecular weight excluding hydrogens is 280 g/mol. The Morgan fingerprint density at radius 2 is 1.91 bits per heavy atom. The molecule has 0 radical (unpaired) electrons. The number of nitrogens with one attached hydrogen (secondary N) is 1. The Morgan fingerprint density at radius 3 is 2.59 bits per heavy atom. The molecule has 0 spiro atoms. The summed E-state index contributed by atoms with van der Waals surface area (Å²) in [6.07, 6.45) is 0.586. The van der Waals surface area contributed by atoms with Crippen LogP contribution >= 0.6 is 0 Å². The second kappa shape index (κ2) is 7.81. The lowest BCUT2D eigenvalue weighted by Crippen LogP contribution is -2.20. The molecule has 0 fully saturated rings. The van der Waals surface area contributed by atoms with Crippen LogP contribution in [0, 0.1) is 11.3 Å². The number of ether oxygens (including phenoxy) is 1. The van der Waals surface area contributed by atoms with Gasteiger partial charge in [0.25, 0.3) is 5.91 Å². The summed E-state index contributed by atoms with van der Waals surface area (Å²) >= 11 is 0. The van der Waals surface area contributed by atoms with Crippen molar-refractivity contribution < 1.29 is 14.6 Å². The van der Waals surface area contributed by atoms with E-state index in [-0.39, 0.29) is 19.1 Å². The SMILES string of the molecule is N#Cc1ccccc1OCC(=O)Nc1ccc(CCO)cc1. The molecule has 0 aromatic heterocycles. The number of aliphatic hydroxyl groups excluding tert-OH is 1. The molecule has 1 amide bonds. The monoisotopic (exact) mass is 296 g/mol. The molecule has 0 saturated heterocycles. The molecule has 112 valence electrons. The number of aliphatic hydroxyl groups is 1. The van der Waals surface area contributed by atoms with Crippen LogP contribution in [0.1, 0.15) is 11.1 Å². The number of rotatable bonds is 6. The minimum absolute atomic E-state index is 0.0951. The van der Waals surface area contributed by atoms with Gasteiger partial charge in [0.15, 0.2) is 6.61 Å². The van der Waals surface area contributed by atoms with Gasteiger partial charge in [-0.05, 0) is 36.2 Å². The number of anilines is 1. The summed E-state index contributed by atoms with van der Waals surface area (Å²) < 4.78 is 5.36. The summed E-state index contributed by atoms with van der Waals surface area (Å²) in [5.74, 6) is 0.0843. The topological polar surface area (TPSA) is 82.3 Å². The number of amides is 1. The van der Waals surface area contributed by atoms with E-state index in [9.17, 15) is 4.79 Å². The van der Waals surface area contributed by atoms with E-state index in [1.54, 1.807) is 36.4 Å². The molecule has 22 heavy (non-hydrogen) atoms. The molecule has 0 atom stereocenters. The van der Waals surface area contributed by atoms with Crippen molar-refractivity contribution in [3.05, 3.63) is 59.7 Å². The first-order chi connectivity index (χ1) is 10.7. The van der Waals surface area contributed by atoms with Gasteiger partial charge in [0, 0.05) is 12.3 Å². The highest BCUT2D eigenvalue weighted by molar-refractivity contribution is 5.91. The molecule has 2 aromatic rings. The van der Waals surface area contributed by atoms with Crippen LogP contribution < -0.4 is 10.1 Å². The van der Waals surface area contributed by atoms with E-state index >= 15 is 0 Å². The first kappa shape index (κ1) is 15.5. The minimum atomic E-state index is -0.303.